The predicted molar refractivity (Wildman–Crippen MR) is 132 cm³/mol. The van der Waals surface area contributed by atoms with Crippen LogP contribution >= 0.6 is 0 Å². The Morgan fingerprint density at radius 1 is 1.00 bits per heavy atom. The number of aromatic nitrogens is 5. The highest BCUT2D eigenvalue weighted by Gasteiger charge is 2.23. The SMILES string of the molecule is Cc1ncc(-c2ccnc(C(C)(C)C#N)c2)nc1-c1nnc(-c2ccc(C3CCNCC3)cc2)o1. The molecule has 0 bridgehead atoms. The maximum Gasteiger partial charge on any atom is 0.268 e. The number of nitriles is 1. The third-order valence-corrected chi connectivity index (χ3v) is 6.53. The van der Waals surface area contributed by atoms with Crippen LogP contribution < -0.4 is 5.32 Å². The van der Waals surface area contributed by atoms with E-state index in [0.29, 0.717) is 40.5 Å². The van der Waals surface area contributed by atoms with Gasteiger partial charge in [-0.05, 0) is 82.4 Å². The molecule has 1 saturated heterocycles. The van der Waals surface area contributed by atoms with Gasteiger partial charge in [0.25, 0.3) is 5.89 Å². The second kappa shape index (κ2) is 9.35. The molecule has 0 saturated carbocycles. The molecule has 0 radical (unpaired) electrons. The number of aryl methyl sites for hydroxylation is 1. The molecule has 1 aliphatic heterocycles. The van der Waals surface area contributed by atoms with Crippen LogP contribution in [0.25, 0.3) is 34.3 Å². The topological polar surface area (TPSA) is 113 Å². The normalized spacial score (nSPS) is 14.6. The lowest BCUT2D eigenvalue weighted by Crippen LogP contribution is -2.26. The second-order valence-electron chi connectivity index (χ2n) is 9.41. The molecule has 0 aliphatic carbocycles. The van der Waals surface area contributed by atoms with E-state index in [0.717, 1.165) is 37.1 Å². The highest BCUT2D eigenvalue weighted by atomic mass is 16.4. The van der Waals surface area contributed by atoms with E-state index in [-0.39, 0.29) is 0 Å². The van der Waals surface area contributed by atoms with E-state index in [9.17, 15) is 5.26 Å². The summed E-state index contributed by atoms with van der Waals surface area (Å²) in [5, 5.41) is 21.4. The molecule has 1 fully saturated rings. The summed E-state index contributed by atoms with van der Waals surface area (Å²) in [5.74, 6) is 1.36. The number of rotatable bonds is 5. The minimum Gasteiger partial charge on any atom is -0.415 e. The van der Waals surface area contributed by atoms with Gasteiger partial charge in [0, 0.05) is 17.3 Å². The van der Waals surface area contributed by atoms with Crippen molar-refractivity contribution in [3.63, 3.8) is 0 Å². The van der Waals surface area contributed by atoms with E-state index in [4.69, 9.17) is 9.40 Å². The van der Waals surface area contributed by atoms with Crippen LogP contribution in [0.3, 0.4) is 0 Å². The van der Waals surface area contributed by atoms with Gasteiger partial charge in [0.15, 0.2) is 0 Å². The number of nitrogens with zero attached hydrogens (tertiary/aromatic N) is 6. The number of hydrogen-bond acceptors (Lipinski definition) is 8. The number of piperidine rings is 1. The van der Waals surface area contributed by atoms with Gasteiger partial charge in [0.05, 0.1) is 34.8 Å². The molecule has 8 heteroatoms. The predicted octanol–water partition coefficient (Wildman–Crippen LogP) is 4.83. The average molecular weight is 466 g/mol. The van der Waals surface area contributed by atoms with Gasteiger partial charge in [-0.25, -0.2) is 4.98 Å². The monoisotopic (exact) mass is 465 g/mol. The maximum atomic E-state index is 9.47. The quantitative estimate of drug-likeness (QED) is 0.446. The third kappa shape index (κ3) is 4.68. The maximum absolute atomic E-state index is 9.47. The fourth-order valence-electron chi connectivity index (χ4n) is 4.27. The fourth-order valence-corrected chi connectivity index (χ4v) is 4.27. The molecule has 35 heavy (non-hydrogen) atoms. The molecule has 3 aromatic heterocycles. The van der Waals surface area contributed by atoms with Gasteiger partial charge in [-0.15, -0.1) is 10.2 Å². The Morgan fingerprint density at radius 3 is 2.49 bits per heavy atom. The number of hydrogen-bond donors (Lipinski definition) is 1. The standard InChI is InChI=1S/C27H27N7O/c1-17-24(32-22(15-31-17)21-10-13-30-23(14-21)27(2,3)16-28)26-34-33-25(35-26)20-6-4-18(5-7-20)19-8-11-29-12-9-19/h4-7,10,13-15,19,29H,8-9,11-12H2,1-3H3. The highest BCUT2D eigenvalue weighted by molar-refractivity contribution is 5.64. The van der Waals surface area contributed by atoms with E-state index < -0.39 is 5.41 Å². The van der Waals surface area contributed by atoms with Gasteiger partial charge >= 0.3 is 0 Å². The molecule has 176 valence electrons. The van der Waals surface area contributed by atoms with Gasteiger partial charge < -0.3 is 9.73 Å². The van der Waals surface area contributed by atoms with Crippen molar-refractivity contribution in [2.45, 2.75) is 44.9 Å². The van der Waals surface area contributed by atoms with Gasteiger partial charge in [-0.2, -0.15) is 5.26 Å². The van der Waals surface area contributed by atoms with E-state index in [1.54, 1.807) is 12.4 Å². The van der Waals surface area contributed by atoms with Crippen molar-refractivity contribution >= 4 is 0 Å². The summed E-state index contributed by atoms with van der Waals surface area (Å²) in [4.78, 5) is 13.6. The largest absolute Gasteiger partial charge is 0.415 e. The Balaban J connectivity index is 1.42. The molecule has 0 amide bonds. The Morgan fingerprint density at radius 2 is 1.74 bits per heavy atom. The average Bonchev–Trinajstić information content (AvgIpc) is 3.40. The Kier molecular flexibility index (Phi) is 6.10. The van der Waals surface area contributed by atoms with Crippen molar-refractivity contribution in [2.24, 2.45) is 0 Å². The fraction of sp³-hybridized carbons (Fsp3) is 0.333. The van der Waals surface area contributed by atoms with Crippen molar-refractivity contribution in [3.8, 4) is 40.4 Å². The van der Waals surface area contributed by atoms with E-state index in [2.05, 4.69) is 43.7 Å². The molecule has 1 aromatic carbocycles. The molecule has 4 aromatic rings. The molecule has 5 rings (SSSR count). The summed E-state index contributed by atoms with van der Waals surface area (Å²) < 4.78 is 6.02. The summed E-state index contributed by atoms with van der Waals surface area (Å²) in [6.07, 6.45) is 5.70. The molecular weight excluding hydrogens is 438 g/mol. The lowest BCUT2D eigenvalue weighted by molar-refractivity contribution is 0.460. The zero-order chi connectivity index (χ0) is 24.4. The van der Waals surface area contributed by atoms with Crippen LogP contribution in [0.1, 0.15) is 49.6 Å². The Labute approximate surface area is 204 Å². The van der Waals surface area contributed by atoms with Crippen LogP contribution in [0, 0.1) is 18.3 Å². The summed E-state index contributed by atoms with van der Waals surface area (Å²) in [7, 11) is 0. The van der Waals surface area contributed by atoms with Crippen molar-refractivity contribution in [2.75, 3.05) is 13.1 Å². The lowest BCUT2D eigenvalue weighted by atomic mass is 9.90. The van der Waals surface area contributed by atoms with Gasteiger partial charge in [0.1, 0.15) is 5.69 Å². The Hall–Kier alpha value is -3.96. The number of benzene rings is 1. The minimum absolute atomic E-state index is 0.320. The first-order valence-corrected chi connectivity index (χ1v) is 11.8. The molecular formula is C27H27N7O. The van der Waals surface area contributed by atoms with Gasteiger partial charge in [-0.3, -0.25) is 9.97 Å². The van der Waals surface area contributed by atoms with Crippen molar-refractivity contribution in [1.82, 2.24) is 30.5 Å². The first kappa shape index (κ1) is 22.8. The summed E-state index contributed by atoms with van der Waals surface area (Å²) in [6, 6.07) is 14.4. The van der Waals surface area contributed by atoms with Gasteiger partial charge in [0.2, 0.25) is 5.89 Å². The van der Waals surface area contributed by atoms with Gasteiger partial charge in [-0.1, -0.05) is 12.1 Å². The third-order valence-electron chi connectivity index (χ3n) is 6.53. The Bertz CT molecular complexity index is 1380. The lowest BCUT2D eigenvalue weighted by Gasteiger charge is -2.22. The van der Waals surface area contributed by atoms with Crippen molar-refractivity contribution < 1.29 is 4.42 Å². The molecule has 0 atom stereocenters. The summed E-state index contributed by atoms with van der Waals surface area (Å²) >= 11 is 0. The molecule has 8 nitrogen and oxygen atoms in total. The van der Waals surface area contributed by atoms with Crippen molar-refractivity contribution in [3.05, 3.63) is 65.7 Å². The van der Waals surface area contributed by atoms with E-state index in [1.807, 2.05) is 45.0 Å². The number of nitrogens with one attached hydrogen (secondary N) is 1. The highest BCUT2D eigenvalue weighted by Crippen LogP contribution is 2.30. The minimum atomic E-state index is -0.707. The van der Waals surface area contributed by atoms with Crippen LogP contribution in [0.5, 0.6) is 0 Å². The van der Waals surface area contributed by atoms with Crippen LogP contribution in [0.15, 0.2) is 53.2 Å². The van der Waals surface area contributed by atoms with Crippen LogP contribution in [-0.2, 0) is 5.41 Å². The zero-order valence-corrected chi connectivity index (χ0v) is 20.1. The first-order valence-electron chi connectivity index (χ1n) is 11.8. The smallest absolute Gasteiger partial charge is 0.268 e. The summed E-state index contributed by atoms with van der Waals surface area (Å²) in [6.45, 7) is 7.67. The summed E-state index contributed by atoms with van der Waals surface area (Å²) in [5.41, 5.74) is 4.88. The van der Waals surface area contributed by atoms with Crippen LogP contribution in [-0.4, -0.2) is 38.2 Å². The molecule has 0 unspecified atom stereocenters. The second-order valence-corrected chi connectivity index (χ2v) is 9.41. The van der Waals surface area contributed by atoms with Crippen LogP contribution in [0.2, 0.25) is 0 Å². The zero-order valence-electron chi connectivity index (χ0n) is 20.1. The first-order chi connectivity index (χ1) is 16.9. The van der Waals surface area contributed by atoms with E-state index in [1.165, 1.54) is 5.56 Å². The van der Waals surface area contributed by atoms with Crippen LogP contribution in [0.4, 0.5) is 0 Å². The molecule has 1 N–H and O–H groups in total. The number of pyridine rings is 1. The van der Waals surface area contributed by atoms with Crippen molar-refractivity contribution in [1.29, 1.82) is 5.26 Å². The van der Waals surface area contributed by atoms with E-state index >= 15 is 0 Å². The molecule has 4 heterocycles. The molecule has 0 spiro atoms. The molecule has 1 aliphatic rings.